The van der Waals surface area contributed by atoms with E-state index in [1.807, 2.05) is 11.6 Å². The number of ether oxygens (including phenoxy) is 1. The van der Waals surface area contributed by atoms with Gasteiger partial charge in [-0.1, -0.05) is 15.9 Å². The molecule has 84 valence electrons. The molecule has 0 saturated carbocycles. The molecule has 1 heterocycles. The molecule has 0 amide bonds. The number of alkyl halides is 1. The van der Waals surface area contributed by atoms with E-state index in [0.29, 0.717) is 17.5 Å². The fraction of sp³-hybridized carbons (Fsp3) is 0.444. The zero-order valence-electron chi connectivity index (χ0n) is 8.31. The van der Waals surface area contributed by atoms with Crippen LogP contribution >= 0.6 is 47.8 Å². The molecule has 0 saturated heterocycles. The van der Waals surface area contributed by atoms with E-state index in [2.05, 4.69) is 47.8 Å². The lowest BCUT2D eigenvalue weighted by molar-refractivity contribution is 0.0524. The minimum absolute atomic E-state index is 0.305. The zero-order chi connectivity index (χ0) is 11.6. The molecule has 0 spiro atoms. The minimum atomic E-state index is -0.305. The third-order valence-electron chi connectivity index (χ3n) is 1.99. The Morgan fingerprint density at radius 1 is 1.47 bits per heavy atom. The van der Waals surface area contributed by atoms with Gasteiger partial charge in [-0.25, -0.2) is 4.79 Å². The molecule has 1 rings (SSSR count). The number of aromatic nitrogens is 1. The van der Waals surface area contributed by atoms with Crippen LogP contribution in [-0.4, -0.2) is 17.1 Å². The molecule has 15 heavy (non-hydrogen) atoms. The molecular formula is C9H10Br3NO2. The first-order chi connectivity index (χ1) is 7.04. The molecule has 1 aromatic heterocycles. The maximum atomic E-state index is 11.7. The van der Waals surface area contributed by atoms with Crippen LogP contribution in [0.4, 0.5) is 0 Å². The van der Waals surface area contributed by atoms with Crippen LogP contribution in [0.25, 0.3) is 0 Å². The number of nitrogens with zero attached hydrogens (tertiary/aromatic N) is 1. The van der Waals surface area contributed by atoms with E-state index >= 15 is 0 Å². The maximum absolute atomic E-state index is 11.7. The number of hydrogen-bond acceptors (Lipinski definition) is 2. The summed E-state index contributed by atoms with van der Waals surface area (Å²) < 4.78 is 8.46. The largest absolute Gasteiger partial charge is 0.462 e. The van der Waals surface area contributed by atoms with Gasteiger partial charge in [-0.3, -0.25) is 0 Å². The topological polar surface area (TPSA) is 31.2 Å². The van der Waals surface area contributed by atoms with E-state index in [9.17, 15) is 4.79 Å². The Labute approximate surface area is 114 Å². The van der Waals surface area contributed by atoms with E-state index < -0.39 is 0 Å². The lowest BCUT2D eigenvalue weighted by atomic mass is 10.2. The van der Waals surface area contributed by atoms with Crippen molar-refractivity contribution in [3.63, 3.8) is 0 Å². The van der Waals surface area contributed by atoms with E-state index in [4.69, 9.17) is 4.74 Å². The van der Waals surface area contributed by atoms with Gasteiger partial charge in [-0.05, 0) is 38.8 Å². The molecule has 0 atom stereocenters. The van der Waals surface area contributed by atoms with Crippen molar-refractivity contribution in [3.8, 4) is 0 Å². The smallest absolute Gasteiger partial charge is 0.341 e. The van der Waals surface area contributed by atoms with E-state index in [0.717, 1.165) is 14.8 Å². The zero-order valence-corrected chi connectivity index (χ0v) is 13.1. The van der Waals surface area contributed by atoms with Crippen LogP contribution in [0, 0.1) is 0 Å². The number of carbonyl (C=O) groups is 1. The number of hydrogen-bond donors (Lipinski definition) is 0. The van der Waals surface area contributed by atoms with Crippen LogP contribution < -0.4 is 0 Å². The molecule has 6 heteroatoms. The van der Waals surface area contributed by atoms with Gasteiger partial charge in [0.25, 0.3) is 0 Å². The molecule has 1 aromatic rings. The first-order valence-corrected chi connectivity index (χ1v) is 7.00. The van der Waals surface area contributed by atoms with Crippen LogP contribution in [0.5, 0.6) is 0 Å². The molecule has 0 unspecified atom stereocenters. The van der Waals surface area contributed by atoms with Crippen molar-refractivity contribution in [2.75, 3.05) is 6.61 Å². The summed E-state index contributed by atoms with van der Waals surface area (Å²) in [5.41, 5.74) is 1.45. The molecule has 3 nitrogen and oxygen atoms in total. The predicted octanol–water partition coefficient (Wildman–Crippen LogP) is 3.62. The van der Waals surface area contributed by atoms with Crippen LogP contribution in [0.2, 0.25) is 0 Å². The van der Waals surface area contributed by atoms with Crippen molar-refractivity contribution < 1.29 is 9.53 Å². The van der Waals surface area contributed by atoms with Gasteiger partial charge in [-0.2, -0.15) is 0 Å². The highest BCUT2D eigenvalue weighted by Crippen LogP contribution is 2.33. The van der Waals surface area contributed by atoms with Crippen molar-refractivity contribution in [2.24, 2.45) is 7.05 Å². The Morgan fingerprint density at radius 2 is 2.07 bits per heavy atom. The molecule has 0 aliphatic heterocycles. The summed E-state index contributed by atoms with van der Waals surface area (Å²) in [4.78, 5) is 11.7. The SMILES string of the molecule is CCOC(=O)c1c(Br)c(Br)n(C)c1CBr. The molecule has 0 aromatic carbocycles. The fourth-order valence-electron chi connectivity index (χ4n) is 1.23. The van der Waals surface area contributed by atoms with E-state index in [1.54, 1.807) is 6.92 Å². The van der Waals surface area contributed by atoms with Gasteiger partial charge in [0.15, 0.2) is 0 Å². The summed E-state index contributed by atoms with van der Waals surface area (Å²) in [6, 6.07) is 0. The van der Waals surface area contributed by atoms with Crippen molar-refractivity contribution in [1.29, 1.82) is 0 Å². The lowest BCUT2D eigenvalue weighted by Gasteiger charge is -2.04. The van der Waals surface area contributed by atoms with Gasteiger partial charge in [0.2, 0.25) is 0 Å². The summed E-state index contributed by atoms with van der Waals surface area (Å²) in [5.74, 6) is -0.305. The Morgan fingerprint density at radius 3 is 2.53 bits per heavy atom. The minimum Gasteiger partial charge on any atom is -0.462 e. The fourth-order valence-corrected chi connectivity index (χ4v) is 2.96. The first-order valence-electron chi connectivity index (χ1n) is 4.30. The van der Waals surface area contributed by atoms with Gasteiger partial charge in [0.1, 0.15) is 0 Å². The quantitative estimate of drug-likeness (QED) is 0.570. The highest BCUT2D eigenvalue weighted by atomic mass is 79.9. The van der Waals surface area contributed by atoms with Gasteiger partial charge >= 0.3 is 5.97 Å². The second-order valence-electron chi connectivity index (χ2n) is 2.84. The lowest BCUT2D eigenvalue weighted by Crippen LogP contribution is -2.08. The van der Waals surface area contributed by atoms with E-state index in [-0.39, 0.29) is 5.97 Å². The average Bonchev–Trinajstić information content (AvgIpc) is 2.42. The Balaban J connectivity index is 3.27. The van der Waals surface area contributed by atoms with Crippen molar-refractivity contribution in [1.82, 2.24) is 4.57 Å². The number of rotatable bonds is 3. The van der Waals surface area contributed by atoms with Crippen LogP contribution in [0.3, 0.4) is 0 Å². The maximum Gasteiger partial charge on any atom is 0.341 e. The van der Waals surface area contributed by atoms with Gasteiger partial charge in [0.05, 0.1) is 21.2 Å². The molecule has 0 fully saturated rings. The predicted molar refractivity (Wildman–Crippen MR) is 69.4 cm³/mol. The van der Waals surface area contributed by atoms with Crippen LogP contribution in [-0.2, 0) is 17.1 Å². The second kappa shape index (κ2) is 5.50. The summed E-state index contributed by atoms with van der Waals surface area (Å²) in [7, 11) is 1.88. The molecule has 0 radical (unpaired) electrons. The first kappa shape index (κ1) is 13.3. The number of carbonyl (C=O) groups excluding carboxylic acids is 1. The van der Waals surface area contributed by atoms with Crippen LogP contribution in [0.1, 0.15) is 23.0 Å². The summed E-state index contributed by atoms with van der Waals surface area (Å²) in [5, 5.41) is 0.599. The van der Waals surface area contributed by atoms with Crippen molar-refractivity contribution in [2.45, 2.75) is 12.3 Å². The molecule has 0 aliphatic carbocycles. The summed E-state index contributed by atoms with van der Waals surface area (Å²) in [6.07, 6.45) is 0. The average molecular weight is 404 g/mol. The highest BCUT2D eigenvalue weighted by molar-refractivity contribution is 9.13. The summed E-state index contributed by atoms with van der Waals surface area (Å²) in [6.45, 7) is 2.16. The van der Waals surface area contributed by atoms with Crippen molar-refractivity contribution in [3.05, 3.63) is 20.3 Å². The Bertz CT molecular complexity index is 387. The molecule has 0 aliphatic rings. The molecule has 0 N–H and O–H groups in total. The number of halogens is 3. The van der Waals surface area contributed by atoms with Crippen molar-refractivity contribution >= 4 is 53.8 Å². The molecular weight excluding hydrogens is 394 g/mol. The third kappa shape index (κ3) is 2.47. The standard InChI is InChI=1S/C9H10Br3NO2/c1-3-15-9(14)6-5(4-10)13(2)8(12)7(6)11/h3-4H2,1-2H3. The van der Waals surface area contributed by atoms with E-state index in [1.165, 1.54) is 0 Å². The van der Waals surface area contributed by atoms with Gasteiger partial charge in [0, 0.05) is 18.1 Å². The highest BCUT2D eigenvalue weighted by Gasteiger charge is 2.23. The number of esters is 1. The second-order valence-corrected chi connectivity index (χ2v) is 4.94. The normalized spacial score (nSPS) is 10.5. The van der Waals surface area contributed by atoms with Gasteiger partial charge in [-0.15, -0.1) is 0 Å². The Kier molecular flexibility index (Phi) is 4.86. The van der Waals surface area contributed by atoms with Gasteiger partial charge < -0.3 is 9.30 Å². The summed E-state index contributed by atoms with van der Waals surface area (Å²) >= 11 is 10.1. The molecule has 0 bridgehead atoms. The Hall–Kier alpha value is 0.190. The van der Waals surface area contributed by atoms with Crippen LogP contribution in [0.15, 0.2) is 9.08 Å². The third-order valence-corrected chi connectivity index (χ3v) is 4.76. The monoisotopic (exact) mass is 401 g/mol.